The van der Waals surface area contributed by atoms with Gasteiger partial charge < -0.3 is 9.47 Å². The van der Waals surface area contributed by atoms with Gasteiger partial charge in [-0.05, 0) is 54.6 Å². The van der Waals surface area contributed by atoms with Crippen LogP contribution >= 0.6 is 0 Å². The molecule has 0 N–H and O–H groups in total. The smallest absolute Gasteiger partial charge is 0.404 e. The zero-order valence-electron chi connectivity index (χ0n) is 18.8. The molecule has 0 unspecified atom stereocenters. The molecule has 0 amide bonds. The Balaban J connectivity index is 1.65. The first-order chi connectivity index (χ1) is 17.2. The Morgan fingerprint density at radius 3 is 1.86 bits per heavy atom. The van der Waals surface area contributed by atoms with E-state index >= 15 is 0 Å². The van der Waals surface area contributed by atoms with Crippen LogP contribution in [-0.2, 0) is 16.6 Å². The molecule has 0 aliphatic heterocycles. The lowest BCUT2D eigenvalue weighted by molar-refractivity contribution is -0.106. The summed E-state index contributed by atoms with van der Waals surface area (Å²) in [6, 6.07) is 26.4. The number of rotatable bonds is 9. The molecule has 0 saturated carbocycles. The van der Waals surface area contributed by atoms with E-state index in [1.165, 1.54) is 30.5 Å². The number of sulfonamides is 1. The van der Waals surface area contributed by atoms with Crippen molar-refractivity contribution in [3.8, 4) is 23.1 Å². The number of hydrogen-bond donors (Lipinski definition) is 0. The second kappa shape index (κ2) is 10.7. The average molecular weight is 515 g/mol. The maximum atomic E-state index is 13.2. The first kappa shape index (κ1) is 25.1. The first-order valence-corrected chi connectivity index (χ1v) is 12.4. The van der Waals surface area contributed by atoms with E-state index in [0.29, 0.717) is 21.6 Å². The normalized spacial score (nSPS) is 11.6. The summed E-state index contributed by atoms with van der Waals surface area (Å²) >= 11 is 0. The topological polar surface area (TPSA) is 68.7 Å². The van der Waals surface area contributed by atoms with Crippen LogP contribution in [0.1, 0.15) is 5.56 Å². The fraction of sp³-hybridized carbons (Fsp3) is 0.115. The highest BCUT2D eigenvalue weighted by Crippen LogP contribution is 2.31. The molecule has 4 rings (SSSR count). The van der Waals surface area contributed by atoms with Gasteiger partial charge in [0.1, 0.15) is 17.2 Å². The van der Waals surface area contributed by atoms with Crippen LogP contribution in [0, 0.1) is 0 Å². The van der Waals surface area contributed by atoms with E-state index in [2.05, 4.69) is 4.98 Å². The van der Waals surface area contributed by atoms with Crippen molar-refractivity contribution < 1.29 is 31.1 Å². The Morgan fingerprint density at radius 1 is 0.722 bits per heavy atom. The number of pyridine rings is 1. The number of nitrogens with zero attached hydrogens (tertiary/aromatic N) is 2. The molecule has 186 valence electrons. The Morgan fingerprint density at radius 2 is 1.28 bits per heavy atom. The minimum Gasteiger partial charge on any atom is -0.457 e. The van der Waals surface area contributed by atoms with Crippen molar-refractivity contribution >= 4 is 15.7 Å². The number of hydrogen-bond acceptors (Lipinski definition) is 5. The molecule has 0 spiro atoms. The minimum absolute atomic E-state index is 0.0363. The van der Waals surface area contributed by atoms with Crippen molar-refractivity contribution in [2.45, 2.75) is 12.7 Å². The van der Waals surface area contributed by atoms with Crippen LogP contribution in [0.4, 0.5) is 18.9 Å². The van der Waals surface area contributed by atoms with E-state index in [1.54, 1.807) is 66.7 Å². The average Bonchev–Trinajstić information content (AvgIpc) is 2.84. The summed E-state index contributed by atoms with van der Waals surface area (Å²) in [4.78, 5) is 4.15. The van der Waals surface area contributed by atoms with E-state index in [4.69, 9.17) is 9.47 Å². The van der Waals surface area contributed by atoms with Gasteiger partial charge in [-0.15, -0.1) is 0 Å². The van der Waals surface area contributed by atoms with E-state index in [9.17, 15) is 21.6 Å². The highest BCUT2D eigenvalue weighted by Gasteiger charge is 2.39. The summed E-state index contributed by atoms with van der Waals surface area (Å²) in [5.74, 6) is -0.529. The quantitative estimate of drug-likeness (QED) is 0.253. The number of para-hydroxylation sites is 2. The zero-order valence-corrected chi connectivity index (χ0v) is 19.6. The number of ether oxygens (including phenoxy) is 2. The molecule has 0 aliphatic carbocycles. The third-order valence-electron chi connectivity index (χ3n) is 4.91. The Labute approximate surface area is 206 Å². The van der Waals surface area contributed by atoms with Crippen LogP contribution < -0.4 is 13.8 Å². The summed E-state index contributed by atoms with van der Waals surface area (Å²) in [5.41, 5.74) is 0.325. The van der Waals surface area contributed by atoms with Crippen molar-refractivity contribution in [1.29, 1.82) is 0 Å². The van der Waals surface area contributed by atoms with E-state index in [1.807, 2.05) is 6.07 Å². The lowest BCUT2D eigenvalue weighted by Crippen LogP contribution is -2.37. The molecule has 0 bridgehead atoms. The van der Waals surface area contributed by atoms with E-state index < -0.39 is 28.5 Å². The molecule has 36 heavy (non-hydrogen) atoms. The van der Waals surface area contributed by atoms with Crippen LogP contribution in [0.25, 0.3) is 0 Å². The zero-order chi connectivity index (χ0) is 25.6. The molecular weight excluding hydrogens is 493 g/mol. The number of aromatic nitrogens is 1. The fourth-order valence-corrected chi connectivity index (χ4v) is 4.68. The van der Waals surface area contributed by atoms with Gasteiger partial charge in [-0.3, -0.25) is 4.31 Å². The lowest BCUT2D eigenvalue weighted by atomic mass is 10.2. The Hall–Kier alpha value is -4.05. The molecule has 6 nitrogen and oxygen atoms in total. The molecule has 10 heteroatoms. The maximum absolute atomic E-state index is 13.2. The van der Waals surface area contributed by atoms with Gasteiger partial charge in [-0.1, -0.05) is 42.5 Å². The maximum Gasteiger partial charge on any atom is 0.404 e. The summed E-state index contributed by atoms with van der Waals surface area (Å²) in [6.45, 7) is -0.423. The van der Waals surface area contributed by atoms with Gasteiger partial charge in [-0.2, -0.15) is 13.2 Å². The molecule has 0 atom stereocenters. The fourth-order valence-electron chi connectivity index (χ4n) is 3.33. The van der Waals surface area contributed by atoms with Crippen LogP contribution in [0.3, 0.4) is 0 Å². The van der Waals surface area contributed by atoms with Gasteiger partial charge in [-0.25, -0.2) is 13.4 Å². The minimum atomic E-state index is -4.92. The molecule has 0 radical (unpaired) electrons. The predicted octanol–water partition coefficient (Wildman–Crippen LogP) is 6.56. The lowest BCUT2D eigenvalue weighted by Gasteiger charge is -2.26. The summed E-state index contributed by atoms with van der Waals surface area (Å²) in [7, 11) is -4.81. The largest absolute Gasteiger partial charge is 0.457 e. The molecular formula is C26H21F3N2O4S. The van der Waals surface area contributed by atoms with Crippen molar-refractivity contribution in [3.63, 3.8) is 0 Å². The second-order valence-electron chi connectivity index (χ2n) is 7.67. The van der Waals surface area contributed by atoms with Crippen molar-refractivity contribution in [2.75, 3.05) is 10.1 Å². The molecule has 3 aromatic carbocycles. The summed E-state index contributed by atoms with van der Waals surface area (Å²) in [6.07, 6.45) is -3.47. The second-order valence-corrected chi connectivity index (χ2v) is 9.56. The highest BCUT2D eigenvalue weighted by molar-refractivity contribution is 7.92. The highest BCUT2D eigenvalue weighted by atomic mass is 32.2. The Kier molecular flexibility index (Phi) is 7.44. The standard InChI is InChI=1S/C26H21F3N2O4S/c27-26(28,29)19-36(32,33)31(21-13-15-24(16-14-21)34-22-9-3-1-4-10-22)18-20-8-7-17-30-25(20)35-23-11-5-2-6-12-23/h1-17H,18-19H2. The third kappa shape index (κ3) is 6.76. The van der Waals surface area contributed by atoms with Gasteiger partial charge >= 0.3 is 6.18 Å². The van der Waals surface area contributed by atoms with Gasteiger partial charge in [0.25, 0.3) is 0 Å². The molecule has 0 saturated heterocycles. The predicted molar refractivity (Wildman–Crippen MR) is 130 cm³/mol. The summed E-state index contributed by atoms with van der Waals surface area (Å²) in [5, 5.41) is 0. The van der Waals surface area contributed by atoms with Crippen LogP contribution in [0.5, 0.6) is 23.1 Å². The monoisotopic (exact) mass is 514 g/mol. The number of anilines is 1. The van der Waals surface area contributed by atoms with E-state index in [-0.39, 0.29) is 17.1 Å². The van der Waals surface area contributed by atoms with Crippen molar-refractivity contribution in [3.05, 3.63) is 109 Å². The number of halogens is 3. The van der Waals surface area contributed by atoms with Gasteiger partial charge in [0.2, 0.25) is 15.9 Å². The molecule has 1 aromatic heterocycles. The van der Waals surface area contributed by atoms with Crippen LogP contribution in [-0.4, -0.2) is 25.3 Å². The molecule has 0 aliphatic rings. The van der Waals surface area contributed by atoms with Gasteiger partial charge in [0.05, 0.1) is 12.2 Å². The molecule has 1 heterocycles. The van der Waals surface area contributed by atoms with Gasteiger partial charge in [0.15, 0.2) is 5.75 Å². The van der Waals surface area contributed by atoms with Crippen LogP contribution in [0.15, 0.2) is 103 Å². The summed E-state index contributed by atoms with van der Waals surface area (Å²) < 4.78 is 77.5. The van der Waals surface area contributed by atoms with Crippen molar-refractivity contribution in [2.24, 2.45) is 0 Å². The van der Waals surface area contributed by atoms with Crippen molar-refractivity contribution in [1.82, 2.24) is 4.98 Å². The first-order valence-electron chi connectivity index (χ1n) is 10.8. The van der Waals surface area contributed by atoms with Crippen LogP contribution in [0.2, 0.25) is 0 Å². The number of benzene rings is 3. The Bertz CT molecular complexity index is 1380. The van der Waals surface area contributed by atoms with E-state index in [0.717, 1.165) is 0 Å². The SMILES string of the molecule is O=S(=O)(CC(F)(F)F)N(Cc1cccnc1Oc1ccccc1)c1ccc(Oc2ccccc2)cc1. The number of alkyl halides is 3. The molecule has 4 aromatic rings. The third-order valence-corrected chi connectivity index (χ3v) is 6.61. The van der Waals surface area contributed by atoms with Gasteiger partial charge in [0, 0.05) is 11.8 Å². The molecule has 0 fully saturated rings.